The van der Waals surface area contributed by atoms with Crippen molar-refractivity contribution in [3.63, 3.8) is 0 Å². The van der Waals surface area contributed by atoms with Crippen LogP contribution in [0.2, 0.25) is 0 Å². The Morgan fingerprint density at radius 1 is 1.44 bits per heavy atom. The van der Waals surface area contributed by atoms with Crippen LogP contribution in [0.5, 0.6) is 0 Å². The van der Waals surface area contributed by atoms with E-state index in [4.69, 9.17) is 10.4 Å². The van der Waals surface area contributed by atoms with Crippen LogP contribution in [-0.4, -0.2) is 31.5 Å². The minimum Gasteiger partial charge on any atom is -0.322 e. The molecule has 0 bridgehead atoms. The number of nitrogens with two attached hydrogens (primary N) is 1. The summed E-state index contributed by atoms with van der Waals surface area (Å²) in [4.78, 5) is 12.1. The Morgan fingerprint density at radius 2 is 2.08 bits per heavy atom. The minimum atomic E-state index is -3.67. The molecule has 1 aliphatic carbocycles. The van der Waals surface area contributed by atoms with Crippen molar-refractivity contribution in [3.05, 3.63) is 41.0 Å². The van der Waals surface area contributed by atoms with Crippen LogP contribution in [-0.2, 0) is 14.9 Å². The van der Waals surface area contributed by atoms with Gasteiger partial charge in [0.1, 0.15) is 6.34 Å². The second kappa shape index (κ2) is 9.95. The Balaban J connectivity index is 0.000000550. The highest BCUT2D eigenvalue weighted by atomic mass is 32.2. The van der Waals surface area contributed by atoms with Gasteiger partial charge in [-0.25, -0.2) is 0 Å². The molecule has 0 heterocycles. The van der Waals surface area contributed by atoms with Gasteiger partial charge in [0.2, 0.25) is 0 Å². The summed E-state index contributed by atoms with van der Waals surface area (Å²) in [6, 6.07) is 8.34. The minimum absolute atomic E-state index is 0.119. The summed E-state index contributed by atoms with van der Waals surface area (Å²) in [5.74, 6) is 5.42. The maximum atomic E-state index is 12.1. The third-order valence-electron chi connectivity index (χ3n) is 3.73. The van der Waals surface area contributed by atoms with Gasteiger partial charge in [-0.2, -0.15) is 13.5 Å². The van der Waals surface area contributed by atoms with Crippen molar-refractivity contribution in [2.24, 2.45) is 10.9 Å². The Bertz CT molecular complexity index is 734. The van der Waals surface area contributed by atoms with Crippen LogP contribution in [0, 0.1) is 0 Å². The van der Waals surface area contributed by atoms with E-state index in [2.05, 4.69) is 35.5 Å². The lowest BCUT2D eigenvalue weighted by Crippen LogP contribution is -2.23. The van der Waals surface area contributed by atoms with Crippen LogP contribution < -0.4 is 11.2 Å². The zero-order valence-electron chi connectivity index (χ0n) is 14.5. The number of carbonyl (C=O) groups is 1. The molecule has 7 nitrogen and oxygen atoms in total. The van der Waals surface area contributed by atoms with E-state index in [1.54, 1.807) is 0 Å². The van der Waals surface area contributed by atoms with Crippen molar-refractivity contribution in [3.8, 4) is 0 Å². The van der Waals surface area contributed by atoms with Gasteiger partial charge in [-0.3, -0.25) is 9.35 Å². The fourth-order valence-electron chi connectivity index (χ4n) is 2.78. The van der Waals surface area contributed by atoms with E-state index >= 15 is 0 Å². The van der Waals surface area contributed by atoms with Gasteiger partial charge < -0.3 is 11.2 Å². The summed E-state index contributed by atoms with van der Waals surface area (Å²) in [6.07, 6.45) is 8.03. The Kier molecular flexibility index (Phi) is 8.30. The lowest BCUT2D eigenvalue weighted by molar-refractivity contribution is -0.116. The number of nitrogens with one attached hydrogen (secondary N) is 1. The average molecular weight is 367 g/mol. The quantitative estimate of drug-likeness (QED) is 0.248. The Labute approximate surface area is 148 Å². The largest absolute Gasteiger partial charge is 0.322 e. The van der Waals surface area contributed by atoms with Crippen LogP contribution in [0.4, 0.5) is 0 Å². The third kappa shape index (κ3) is 7.95. The van der Waals surface area contributed by atoms with Gasteiger partial charge in [-0.15, -0.1) is 0 Å². The normalized spacial score (nSPS) is 16.9. The molecule has 0 saturated carbocycles. The van der Waals surface area contributed by atoms with Crippen molar-refractivity contribution >= 4 is 28.4 Å². The Morgan fingerprint density at radius 3 is 2.68 bits per heavy atom. The van der Waals surface area contributed by atoms with Crippen LogP contribution >= 0.6 is 0 Å². The van der Waals surface area contributed by atoms with Gasteiger partial charge in [0.05, 0.1) is 6.26 Å². The van der Waals surface area contributed by atoms with Crippen molar-refractivity contribution in [1.29, 1.82) is 0 Å². The molecule has 1 aliphatic rings. The molecule has 0 fully saturated rings. The molecule has 25 heavy (non-hydrogen) atoms. The molecule has 2 rings (SSSR count). The summed E-state index contributed by atoms with van der Waals surface area (Å²) in [5.41, 5.74) is 3.29. The number of benzene rings is 1. The predicted molar refractivity (Wildman–Crippen MR) is 99.6 cm³/mol. The third-order valence-corrected chi connectivity index (χ3v) is 3.73. The molecule has 0 saturated heterocycles. The van der Waals surface area contributed by atoms with E-state index in [-0.39, 0.29) is 5.91 Å². The van der Waals surface area contributed by atoms with Crippen molar-refractivity contribution in [2.45, 2.75) is 38.5 Å². The highest BCUT2D eigenvalue weighted by Crippen LogP contribution is 2.34. The summed E-state index contributed by atoms with van der Waals surface area (Å²) in [5, 5.41) is 5.88. The molecule has 1 aromatic rings. The summed E-state index contributed by atoms with van der Waals surface area (Å²) in [7, 11) is -3.67. The first-order valence-corrected chi connectivity index (χ1v) is 9.85. The average Bonchev–Trinajstić information content (AvgIpc) is 2.71. The molecule has 1 unspecified atom stereocenters. The zero-order chi connectivity index (χ0) is 18.9. The maximum absolute atomic E-state index is 12.1. The lowest BCUT2D eigenvalue weighted by Gasteiger charge is -2.16. The number of carbonyl (C=O) groups excluding carboxylic acids is 1. The molecule has 138 valence electrons. The van der Waals surface area contributed by atoms with Crippen molar-refractivity contribution in [2.75, 3.05) is 6.26 Å². The van der Waals surface area contributed by atoms with E-state index in [0.29, 0.717) is 12.2 Å². The van der Waals surface area contributed by atoms with Crippen LogP contribution in [0.25, 0.3) is 6.08 Å². The highest BCUT2D eigenvalue weighted by Gasteiger charge is 2.20. The maximum Gasteiger partial charge on any atom is 0.261 e. The molecular weight excluding hydrogens is 342 g/mol. The van der Waals surface area contributed by atoms with E-state index in [1.165, 1.54) is 11.9 Å². The number of rotatable bonds is 4. The standard InChI is InChI=1S/C16H21N3O.CH4O3S/c1-2-5-12-8-9-14(16(20)18-11-19-17)10-13-6-3-4-7-15(12)13;1-5(2,3)4/h3-4,6-7,10-12H,2,5,8-9,17H2,1H3,(H,18,19,20);1H3,(H,2,3,4). The zero-order valence-corrected chi connectivity index (χ0v) is 15.3. The molecule has 1 atom stereocenters. The van der Waals surface area contributed by atoms with Crippen LogP contribution in [0.15, 0.2) is 34.9 Å². The molecule has 8 heteroatoms. The van der Waals surface area contributed by atoms with Crippen LogP contribution in [0.3, 0.4) is 0 Å². The van der Waals surface area contributed by atoms with Crippen molar-refractivity contribution < 1.29 is 17.8 Å². The fourth-order valence-corrected chi connectivity index (χ4v) is 2.78. The van der Waals surface area contributed by atoms with E-state index < -0.39 is 10.1 Å². The number of amides is 1. The van der Waals surface area contributed by atoms with Gasteiger partial charge in [-0.05, 0) is 42.4 Å². The monoisotopic (exact) mass is 367 g/mol. The number of hydrazone groups is 1. The molecule has 0 radical (unpaired) electrons. The second-order valence-electron chi connectivity index (χ2n) is 5.81. The van der Waals surface area contributed by atoms with E-state index in [1.807, 2.05) is 12.1 Å². The Hall–Kier alpha value is -2.19. The molecule has 4 N–H and O–H groups in total. The predicted octanol–water partition coefficient (Wildman–Crippen LogP) is 2.27. The molecule has 0 aromatic heterocycles. The van der Waals surface area contributed by atoms with Gasteiger partial charge in [0, 0.05) is 5.57 Å². The smallest absolute Gasteiger partial charge is 0.261 e. The van der Waals surface area contributed by atoms with Gasteiger partial charge in [-0.1, -0.05) is 37.6 Å². The summed E-state index contributed by atoms with van der Waals surface area (Å²) < 4.78 is 25.9. The summed E-state index contributed by atoms with van der Waals surface area (Å²) >= 11 is 0. The molecular formula is C17H25N3O4S. The molecule has 1 amide bonds. The molecule has 0 aliphatic heterocycles. The van der Waals surface area contributed by atoms with Crippen molar-refractivity contribution in [1.82, 2.24) is 5.32 Å². The SMILES string of the molecule is CCCC1CCC(C(=O)NC=NN)=Cc2ccccc21.CS(=O)(=O)O. The fraction of sp³-hybridized carbons (Fsp3) is 0.412. The van der Waals surface area contributed by atoms with Gasteiger partial charge >= 0.3 is 0 Å². The van der Waals surface area contributed by atoms with E-state index in [9.17, 15) is 13.2 Å². The second-order valence-corrected chi connectivity index (χ2v) is 7.27. The molecule has 1 aromatic carbocycles. The first-order chi connectivity index (χ1) is 11.8. The topological polar surface area (TPSA) is 122 Å². The lowest BCUT2D eigenvalue weighted by atomic mass is 9.89. The van der Waals surface area contributed by atoms with Gasteiger partial charge in [0.15, 0.2) is 0 Å². The summed E-state index contributed by atoms with van der Waals surface area (Å²) in [6.45, 7) is 2.20. The first kappa shape index (κ1) is 20.9. The number of fused-ring (bicyclic) bond motifs is 1. The van der Waals surface area contributed by atoms with Crippen LogP contribution in [0.1, 0.15) is 49.7 Å². The first-order valence-electron chi connectivity index (χ1n) is 8.00. The number of hydrogen-bond donors (Lipinski definition) is 3. The highest BCUT2D eigenvalue weighted by molar-refractivity contribution is 7.85. The van der Waals surface area contributed by atoms with Gasteiger partial charge in [0.25, 0.3) is 16.0 Å². The number of hydrogen-bond acceptors (Lipinski definition) is 5. The molecule has 0 spiro atoms. The number of nitrogens with zero attached hydrogens (tertiary/aromatic N) is 1. The van der Waals surface area contributed by atoms with E-state index in [0.717, 1.165) is 36.8 Å².